The van der Waals surface area contributed by atoms with Gasteiger partial charge >= 0.3 is 12.3 Å². The molecular formula is C13H14F4N2O3. The Morgan fingerprint density at radius 3 is 3.00 bits per heavy atom. The summed E-state index contributed by atoms with van der Waals surface area (Å²) in [4.78, 5) is 17.3. The van der Waals surface area contributed by atoms with Gasteiger partial charge in [0.1, 0.15) is 24.7 Å². The van der Waals surface area contributed by atoms with Gasteiger partial charge in [-0.05, 0) is 0 Å². The minimum Gasteiger partial charge on any atom is -0.489 e. The fourth-order valence-corrected chi connectivity index (χ4v) is 1.89. The number of fused-ring (bicyclic) bond motifs is 1. The molecule has 2 heterocycles. The van der Waals surface area contributed by atoms with E-state index in [4.69, 9.17) is 4.74 Å². The molecule has 1 aliphatic heterocycles. The molecule has 0 atom stereocenters. The minimum absolute atomic E-state index is 0.201. The quantitative estimate of drug-likeness (QED) is 0.595. The Bertz CT molecular complexity index is 528. The number of halogens is 4. The molecule has 0 saturated carbocycles. The number of carbonyl (C=O) groups is 1. The number of ether oxygens (including phenoxy) is 2. The zero-order valence-corrected chi connectivity index (χ0v) is 11.5. The first-order valence-corrected chi connectivity index (χ1v) is 6.52. The molecule has 122 valence electrons. The van der Waals surface area contributed by atoms with Gasteiger partial charge in [0.05, 0.1) is 25.8 Å². The van der Waals surface area contributed by atoms with E-state index in [2.05, 4.69) is 9.72 Å². The summed E-state index contributed by atoms with van der Waals surface area (Å²) in [6.07, 6.45) is -1.02. The van der Waals surface area contributed by atoms with Gasteiger partial charge in [-0.2, -0.15) is 8.78 Å². The Kier molecular flexibility index (Phi) is 5.17. The number of alkyl halides is 4. The molecule has 1 aliphatic rings. The maximum Gasteiger partial charge on any atom is 0.330 e. The predicted octanol–water partition coefficient (Wildman–Crippen LogP) is 2.11. The minimum atomic E-state index is -4.21. The molecule has 9 heteroatoms. The highest BCUT2D eigenvalue weighted by Crippen LogP contribution is 2.30. The van der Waals surface area contributed by atoms with Gasteiger partial charge in [0, 0.05) is 12.3 Å². The van der Waals surface area contributed by atoms with Crippen LogP contribution in [0, 0.1) is 0 Å². The van der Waals surface area contributed by atoms with Crippen molar-refractivity contribution in [2.75, 3.05) is 31.3 Å². The predicted molar refractivity (Wildman–Crippen MR) is 68.5 cm³/mol. The van der Waals surface area contributed by atoms with Crippen molar-refractivity contribution in [1.82, 2.24) is 4.98 Å². The summed E-state index contributed by atoms with van der Waals surface area (Å²) >= 11 is 0. The highest BCUT2D eigenvalue weighted by Gasteiger charge is 2.41. The number of carbonyl (C=O) groups excluding carboxylic acids is 1. The fraction of sp³-hybridized carbons (Fsp3) is 0.538. The molecule has 0 bridgehead atoms. The van der Waals surface area contributed by atoms with Crippen molar-refractivity contribution >= 4 is 11.6 Å². The molecule has 0 radical (unpaired) electrons. The van der Waals surface area contributed by atoms with Crippen molar-refractivity contribution in [2.45, 2.75) is 18.8 Å². The molecule has 1 aromatic rings. The van der Waals surface area contributed by atoms with Crippen LogP contribution in [0.4, 0.5) is 23.2 Å². The molecule has 0 aliphatic carbocycles. The zero-order valence-electron chi connectivity index (χ0n) is 11.5. The van der Waals surface area contributed by atoms with Crippen molar-refractivity contribution in [3.05, 3.63) is 18.5 Å². The molecule has 1 amide bonds. The van der Waals surface area contributed by atoms with Crippen LogP contribution in [0.5, 0.6) is 5.75 Å². The van der Waals surface area contributed by atoms with E-state index in [1.165, 1.54) is 17.3 Å². The Hall–Kier alpha value is -1.90. The Morgan fingerprint density at radius 2 is 2.27 bits per heavy atom. The molecule has 0 N–H and O–H groups in total. The lowest BCUT2D eigenvalue weighted by atomic mass is 10.2. The highest BCUT2D eigenvalue weighted by atomic mass is 19.3. The maximum absolute atomic E-state index is 12.6. The van der Waals surface area contributed by atoms with E-state index in [0.29, 0.717) is 24.6 Å². The van der Waals surface area contributed by atoms with Gasteiger partial charge < -0.3 is 14.4 Å². The van der Waals surface area contributed by atoms with Gasteiger partial charge in [0.25, 0.3) is 0 Å². The van der Waals surface area contributed by atoms with Crippen molar-refractivity contribution < 1.29 is 31.8 Å². The molecule has 2 rings (SSSR count). The van der Waals surface area contributed by atoms with Gasteiger partial charge in [0.15, 0.2) is 0 Å². The number of hydrogen-bond acceptors (Lipinski definition) is 4. The van der Waals surface area contributed by atoms with Crippen LogP contribution >= 0.6 is 0 Å². The van der Waals surface area contributed by atoms with Crippen molar-refractivity contribution in [2.24, 2.45) is 0 Å². The smallest absolute Gasteiger partial charge is 0.330 e. The summed E-state index contributed by atoms with van der Waals surface area (Å²) in [6.45, 7) is -1.19. The van der Waals surface area contributed by atoms with Gasteiger partial charge in [-0.1, -0.05) is 0 Å². The number of nitrogens with zero attached hydrogens (tertiary/aromatic N) is 2. The molecule has 22 heavy (non-hydrogen) atoms. The number of amides is 1. The highest BCUT2D eigenvalue weighted by molar-refractivity contribution is 5.95. The molecule has 0 fully saturated rings. The fourth-order valence-electron chi connectivity index (χ4n) is 1.89. The van der Waals surface area contributed by atoms with Crippen LogP contribution in [-0.2, 0) is 9.53 Å². The lowest BCUT2D eigenvalue weighted by molar-refractivity contribution is -0.166. The second-order valence-electron chi connectivity index (χ2n) is 4.60. The number of pyridine rings is 1. The van der Waals surface area contributed by atoms with Crippen LogP contribution in [0.1, 0.15) is 6.42 Å². The molecule has 5 nitrogen and oxygen atoms in total. The average Bonchev–Trinajstić information content (AvgIpc) is 2.50. The molecule has 1 aromatic heterocycles. The van der Waals surface area contributed by atoms with Crippen LogP contribution in [0.3, 0.4) is 0 Å². The molecular weight excluding hydrogens is 308 g/mol. The van der Waals surface area contributed by atoms with E-state index in [1.54, 1.807) is 6.07 Å². The van der Waals surface area contributed by atoms with Crippen LogP contribution < -0.4 is 9.64 Å². The second-order valence-corrected chi connectivity index (χ2v) is 4.60. The third-order valence-corrected chi connectivity index (χ3v) is 3.00. The van der Waals surface area contributed by atoms with Crippen molar-refractivity contribution in [3.63, 3.8) is 0 Å². The van der Waals surface area contributed by atoms with Crippen LogP contribution in [0.25, 0.3) is 0 Å². The van der Waals surface area contributed by atoms with Gasteiger partial charge in [0.2, 0.25) is 5.91 Å². The lowest BCUT2D eigenvalue weighted by Gasteiger charge is -2.29. The average molecular weight is 322 g/mol. The number of rotatable bonds is 6. The van der Waals surface area contributed by atoms with Gasteiger partial charge in [-0.3, -0.25) is 9.78 Å². The topological polar surface area (TPSA) is 51.7 Å². The van der Waals surface area contributed by atoms with Crippen LogP contribution in [0.15, 0.2) is 18.5 Å². The monoisotopic (exact) mass is 322 g/mol. The standard InChI is InChI=1S/C13H14F4N2O3/c14-12(15)13(16,17)8-21-5-2-11(20)19-4-6-22-10-1-3-18-7-9(10)19/h1,3,7,12H,2,4-6,8H2. The summed E-state index contributed by atoms with van der Waals surface area (Å²) < 4.78 is 58.9. The van der Waals surface area contributed by atoms with Crippen molar-refractivity contribution in [1.29, 1.82) is 0 Å². The second kappa shape index (κ2) is 6.91. The largest absolute Gasteiger partial charge is 0.489 e. The summed E-state index contributed by atoms with van der Waals surface area (Å²) in [5.74, 6) is -4.09. The number of hydrogen-bond donors (Lipinski definition) is 0. The van der Waals surface area contributed by atoms with Gasteiger partial charge in [-0.15, -0.1) is 0 Å². The van der Waals surface area contributed by atoms with Crippen LogP contribution in [0.2, 0.25) is 0 Å². The Morgan fingerprint density at radius 1 is 1.50 bits per heavy atom. The Balaban J connectivity index is 1.84. The SMILES string of the molecule is O=C(CCOCC(F)(F)C(F)F)N1CCOc2ccncc21. The third-order valence-electron chi connectivity index (χ3n) is 3.00. The number of anilines is 1. The summed E-state index contributed by atoms with van der Waals surface area (Å²) in [7, 11) is 0. The summed E-state index contributed by atoms with van der Waals surface area (Å²) in [5, 5.41) is 0. The molecule has 0 saturated heterocycles. The zero-order chi connectivity index (χ0) is 16.2. The summed E-state index contributed by atoms with van der Waals surface area (Å²) in [5.41, 5.74) is 0.483. The first-order chi connectivity index (χ1) is 10.4. The van der Waals surface area contributed by atoms with E-state index in [9.17, 15) is 22.4 Å². The molecule has 0 aromatic carbocycles. The Labute approximate surface area is 123 Å². The first kappa shape index (κ1) is 16.5. The van der Waals surface area contributed by atoms with Crippen LogP contribution in [-0.4, -0.2) is 49.6 Å². The summed E-state index contributed by atoms with van der Waals surface area (Å²) in [6, 6.07) is 1.61. The van der Waals surface area contributed by atoms with E-state index in [1.807, 2.05) is 0 Å². The first-order valence-electron chi connectivity index (χ1n) is 6.52. The number of aromatic nitrogens is 1. The van der Waals surface area contributed by atoms with Gasteiger partial charge in [-0.25, -0.2) is 8.78 Å². The molecule has 0 unspecified atom stereocenters. The van der Waals surface area contributed by atoms with E-state index >= 15 is 0 Å². The van der Waals surface area contributed by atoms with Crippen molar-refractivity contribution in [3.8, 4) is 5.75 Å². The maximum atomic E-state index is 12.6. The normalized spacial score (nSPS) is 14.7. The third kappa shape index (κ3) is 3.85. The van der Waals surface area contributed by atoms with E-state index < -0.39 is 19.0 Å². The van der Waals surface area contributed by atoms with E-state index in [0.717, 1.165) is 0 Å². The van der Waals surface area contributed by atoms with E-state index in [-0.39, 0.29) is 18.9 Å². The molecule has 0 spiro atoms. The lowest BCUT2D eigenvalue weighted by Crippen LogP contribution is -2.39.